The number of rotatable bonds is 5. The fourth-order valence-corrected chi connectivity index (χ4v) is 4.05. The minimum Gasteiger partial charge on any atom is -0.507 e. The summed E-state index contributed by atoms with van der Waals surface area (Å²) in [6.07, 6.45) is 3.43. The average molecular weight is 389 g/mol. The second kappa shape index (κ2) is 7.59. The van der Waals surface area contributed by atoms with Gasteiger partial charge in [-0.25, -0.2) is 4.79 Å². The number of aromatic carboxylic acids is 1. The smallest absolute Gasteiger partial charge is 0.339 e. The number of nitrogens with zero attached hydrogens (tertiary/aromatic N) is 1. The van der Waals surface area contributed by atoms with E-state index in [1.807, 2.05) is 18.2 Å². The Morgan fingerprint density at radius 2 is 1.59 bits per heavy atom. The number of hydrogen-bond donors (Lipinski definition) is 2. The van der Waals surface area contributed by atoms with Crippen LogP contribution < -0.4 is 0 Å². The van der Waals surface area contributed by atoms with Crippen LogP contribution in [0.4, 0.5) is 0 Å². The van der Waals surface area contributed by atoms with Crippen LogP contribution in [0.25, 0.3) is 10.8 Å². The molecule has 0 unspecified atom stereocenters. The molecule has 0 radical (unpaired) electrons. The van der Waals surface area contributed by atoms with Crippen molar-refractivity contribution >= 4 is 22.6 Å². The van der Waals surface area contributed by atoms with Crippen LogP contribution in [0.1, 0.15) is 46.0 Å². The van der Waals surface area contributed by atoms with Gasteiger partial charge in [0.05, 0.1) is 0 Å². The molecule has 5 nitrogen and oxygen atoms in total. The van der Waals surface area contributed by atoms with Crippen molar-refractivity contribution in [3.63, 3.8) is 0 Å². The van der Waals surface area contributed by atoms with Crippen molar-refractivity contribution in [3.8, 4) is 5.75 Å². The predicted octanol–water partition coefficient (Wildman–Crippen LogP) is 4.28. The quantitative estimate of drug-likeness (QED) is 0.683. The number of aromatic hydroxyl groups is 1. The minimum atomic E-state index is -1.17. The first-order chi connectivity index (χ1) is 13.9. The summed E-state index contributed by atoms with van der Waals surface area (Å²) < 4.78 is 0. The number of benzene rings is 3. The van der Waals surface area contributed by atoms with Gasteiger partial charge in [0, 0.05) is 20.0 Å². The SMILES string of the molecule is CC(=O)N(Cc1ccc2c(c1)CCC2)Cc1ccc2cc(O)c(C(=O)O)cc2c1. The fraction of sp³-hybridized carbons (Fsp3) is 0.250. The Labute approximate surface area is 169 Å². The minimum absolute atomic E-state index is 0.0115. The van der Waals surface area contributed by atoms with E-state index in [0.29, 0.717) is 13.1 Å². The lowest BCUT2D eigenvalue weighted by atomic mass is 10.0. The van der Waals surface area contributed by atoms with Crippen LogP contribution in [0.15, 0.2) is 48.5 Å². The number of carbonyl (C=O) groups is 2. The highest BCUT2D eigenvalue weighted by Gasteiger charge is 2.15. The van der Waals surface area contributed by atoms with Gasteiger partial charge in [-0.15, -0.1) is 0 Å². The molecule has 148 valence electrons. The lowest BCUT2D eigenvalue weighted by Gasteiger charge is -2.22. The molecule has 3 aromatic carbocycles. The van der Waals surface area contributed by atoms with Gasteiger partial charge >= 0.3 is 5.97 Å². The van der Waals surface area contributed by atoms with Crippen LogP contribution in [-0.4, -0.2) is 27.0 Å². The lowest BCUT2D eigenvalue weighted by Crippen LogP contribution is -2.27. The summed E-state index contributed by atoms with van der Waals surface area (Å²) in [5, 5.41) is 20.6. The first-order valence-corrected chi connectivity index (χ1v) is 9.76. The Morgan fingerprint density at radius 1 is 0.897 bits per heavy atom. The highest BCUT2D eigenvalue weighted by atomic mass is 16.4. The van der Waals surface area contributed by atoms with Crippen LogP contribution in [-0.2, 0) is 30.7 Å². The maximum atomic E-state index is 12.3. The second-order valence-corrected chi connectivity index (χ2v) is 7.69. The number of phenols is 1. The molecule has 4 rings (SSSR count). The fourth-order valence-electron chi connectivity index (χ4n) is 4.05. The molecule has 0 aromatic heterocycles. The third kappa shape index (κ3) is 3.94. The van der Waals surface area contributed by atoms with Crippen molar-refractivity contribution in [1.82, 2.24) is 4.90 Å². The molecule has 1 aliphatic carbocycles. The predicted molar refractivity (Wildman–Crippen MR) is 111 cm³/mol. The molecule has 29 heavy (non-hydrogen) atoms. The normalized spacial score (nSPS) is 12.7. The molecule has 1 amide bonds. The summed E-state index contributed by atoms with van der Waals surface area (Å²) in [4.78, 5) is 25.3. The van der Waals surface area contributed by atoms with E-state index < -0.39 is 5.97 Å². The van der Waals surface area contributed by atoms with E-state index in [2.05, 4.69) is 18.2 Å². The molecule has 0 heterocycles. The summed E-state index contributed by atoms with van der Waals surface area (Å²) in [6, 6.07) is 15.0. The Bertz CT molecular complexity index is 1120. The molecule has 0 aliphatic heterocycles. The van der Waals surface area contributed by atoms with E-state index in [4.69, 9.17) is 0 Å². The van der Waals surface area contributed by atoms with E-state index in [-0.39, 0.29) is 17.2 Å². The van der Waals surface area contributed by atoms with Crippen LogP contribution in [0.2, 0.25) is 0 Å². The van der Waals surface area contributed by atoms with Gasteiger partial charge in [0.2, 0.25) is 5.91 Å². The monoisotopic (exact) mass is 389 g/mol. The Balaban J connectivity index is 1.59. The largest absolute Gasteiger partial charge is 0.507 e. The zero-order valence-electron chi connectivity index (χ0n) is 16.3. The first kappa shape index (κ1) is 19.0. The van der Waals surface area contributed by atoms with Crippen LogP contribution in [0, 0.1) is 0 Å². The number of hydrogen-bond acceptors (Lipinski definition) is 3. The summed E-state index contributed by atoms with van der Waals surface area (Å²) in [7, 11) is 0. The van der Waals surface area contributed by atoms with Gasteiger partial charge in [-0.2, -0.15) is 0 Å². The van der Waals surface area contributed by atoms with Crippen molar-refractivity contribution in [2.24, 2.45) is 0 Å². The van der Waals surface area contributed by atoms with Gasteiger partial charge in [0.1, 0.15) is 11.3 Å². The second-order valence-electron chi connectivity index (χ2n) is 7.69. The number of fused-ring (bicyclic) bond motifs is 2. The Hall–Kier alpha value is -3.34. The van der Waals surface area contributed by atoms with Crippen molar-refractivity contribution in [2.75, 3.05) is 0 Å². The number of carboxylic acid groups (broad SMARTS) is 1. The third-order valence-electron chi connectivity index (χ3n) is 5.60. The Kier molecular flexibility index (Phi) is 4.97. The molecular formula is C24H23NO4. The van der Waals surface area contributed by atoms with Crippen LogP contribution in [0.3, 0.4) is 0 Å². The van der Waals surface area contributed by atoms with Gasteiger partial charge in [-0.1, -0.05) is 30.3 Å². The summed E-state index contributed by atoms with van der Waals surface area (Å²) in [5.74, 6) is -1.43. The molecule has 0 bridgehead atoms. The van der Waals surface area contributed by atoms with Gasteiger partial charge < -0.3 is 15.1 Å². The molecule has 0 saturated heterocycles. The van der Waals surface area contributed by atoms with Crippen molar-refractivity contribution in [3.05, 3.63) is 76.3 Å². The maximum absolute atomic E-state index is 12.3. The lowest BCUT2D eigenvalue weighted by molar-refractivity contribution is -0.130. The van der Waals surface area contributed by atoms with Crippen LogP contribution >= 0.6 is 0 Å². The van der Waals surface area contributed by atoms with E-state index >= 15 is 0 Å². The first-order valence-electron chi connectivity index (χ1n) is 9.76. The number of aryl methyl sites for hydroxylation is 2. The van der Waals surface area contributed by atoms with Gasteiger partial charge in [-0.05, 0) is 70.5 Å². The molecule has 1 aliphatic rings. The summed E-state index contributed by atoms with van der Waals surface area (Å²) >= 11 is 0. The Morgan fingerprint density at radius 3 is 2.31 bits per heavy atom. The topological polar surface area (TPSA) is 77.8 Å². The maximum Gasteiger partial charge on any atom is 0.339 e. The number of carbonyl (C=O) groups excluding carboxylic acids is 1. The molecule has 0 saturated carbocycles. The van der Waals surface area contributed by atoms with Gasteiger partial charge in [-0.3, -0.25) is 4.79 Å². The third-order valence-corrected chi connectivity index (χ3v) is 5.60. The molecule has 2 N–H and O–H groups in total. The zero-order chi connectivity index (χ0) is 20.5. The van der Waals surface area contributed by atoms with Crippen molar-refractivity contribution in [1.29, 1.82) is 0 Å². The van der Waals surface area contributed by atoms with E-state index in [9.17, 15) is 19.8 Å². The standard InChI is InChI=1S/C24H23NO4/c1-15(26)25(13-16-5-7-18-3-2-4-19(18)9-16)14-17-6-8-20-12-23(27)22(24(28)29)11-21(20)10-17/h5-12,27H,2-4,13-14H2,1H3,(H,28,29). The average Bonchev–Trinajstić information content (AvgIpc) is 3.14. The van der Waals surface area contributed by atoms with E-state index in [1.165, 1.54) is 29.7 Å². The van der Waals surface area contributed by atoms with Crippen molar-refractivity contribution in [2.45, 2.75) is 39.3 Å². The number of amides is 1. The molecule has 3 aromatic rings. The summed E-state index contributed by atoms with van der Waals surface area (Å²) in [5.41, 5.74) is 4.71. The van der Waals surface area contributed by atoms with Gasteiger partial charge in [0.25, 0.3) is 0 Å². The molecule has 0 spiro atoms. The van der Waals surface area contributed by atoms with Crippen molar-refractivity contribution < 1.29 is 19.8 Å². The summed E-state index contributed by atoms with van der Waals surface area (Å²) in [6.45, 7) is 2.54. The van der Waals surface area contributed by atoms with Crippen LogP contribution in [0.5, 0.6) is 5.75 Å². The highest BCUT2D eigenvalue weighted by molar-refractivity contribution is 5.97. The molecule has 0 fully saturated rings. The van der Waals surface area contributed by atoms with E-state index in [1.54, 1.807) is 11.8 Å². The zero-order valence-corrected chi connectivity index (χ0v) is 16.3. The van der Waals surface area contributed by atoms with Gasteiger partial charge in [0.15, 0.2) is 0 Å². The molecular weight excluding hydrogens is 366 g/mol. The van der Waals surface area contributed by atoms with E-state index in [0.717, 1.165) is 34.7 Å². The molecule has 5 heteroatoms. The highest BCUT2D eigenvalue weighted by Crippen LogP contribution is 2.27. The molecule has 0 atom stereocenters. The number of carboxylic acids is 1.